The summed E-state index contributed by atoms with van der Waals surface area (Å²) in [4.78, 5) is 0. The summed E-state index contributed by atoms with van der Waals surface area (Å²) in [6.07, 6.45) is 0. The van der Waals surface area contributed by atoms with Gasteiger partial charge in [-0.05, 0) is 13.8 Å². The van der Waals surface area contributed by atoms with Crippen LogP contribution < -0.4 is 0 Å². The molecule has 0 unspecified atom stereocenters. The molecule has 1 aromatic heterocycles. The van der Waals surface area contributed by atoms with Gasteiger partial charge in [0.2, 0.25) is 5.82 Å². The highest BCUT2D eigenvalue weighted by atomic mass is 19.1. The number of H-pyrrole nitrogens is 1. The lowest BCUT2D eigenvalue weighted by Gasteiger charge is -2.05. The number of hydrogen-bond donors (Lipinski definition) is 1. The average Bonchev–Trinajstić information content (AvgIpc) is 2.08. The fourth-order valence-electron chi connectivity index (χ4n) is 0.414. The molecule has 0 radical (unpaired) electrons. The maximum Gasteiger partial charge on any atom is 0.211 e. The van der Waals surface area contributed by atoms with Crippen LogP contribution in [0.3, 0.4) is 0 Å². The van der Waals surface area contributed by atoms with Gasteiger partial charge in [0.25, 0.3) is 0 Å². The fourth-order valence-corrected chi connectivity index (χ4v) is 0.414. The van der Waals surface area contributed by atoms with Gasteiger partial charge in [-0.2, -0.15) is 5.21 Å². The van der Waals surface area contributed by atoms with E-state index in [2.05, 4.69) is 20.6 Å². The molecule has 9 heavy (non-hydrogen) atoms. The van der Waals surface area contributed by atoms with Crippen molar-refractivity contribution in [3.63, 3.8) is 0 Å². The van der Waals surface area contributed by atoms with Crippen molar-refractivity contribution in [3.8, 4) is 0 Å². The molecule has 0 aliphatic carbocycles. The molecule has 1 rings (SSSR count). The Kier molecular flexibility index (Phi) is 1.19. The van der Waals surface area contributed by atoms with Gasteiger partial charge in [-0.1, -0.05) is 5.21 Å². The molecule has 0 saturated carbocycles. The summed E-state index contributed by atoms with van der Waals surface area (Å²) < 4.78 is 12.8. The zero-order valence-electron chi connectivity index (χ0n) is 5.22. The van der Waals surface area contributed by atoms with Crippen LogP contribution >= 0.6 is 0 Å². The highest BCUT2D eigenvalue weighted by Crippen LogP contribution is 2.18. The monoisotopic (exact) mass is 130 g/mol. The molecule has 0 aliphatic heterocycles. The fraction of sp³-hybridized carbons (Fsp3) is 0.750. The molecule has 0 fully saturated rings. The lowest BCUT2D eigenvalue weighted by Crippen LogP contribution is -2.11. The summed E-state index contributed by atoms with van der Waals surface area (Å²) in [5, 5.41) is 12.3. The highest BCUT2D eigenvalue weighted by Gasteiger charge is 2.23. The van der Waals surface area contributed by atoms with E-state index in [0.717, 1.165) is 0 Å². The normalized spacial score (nSPS) is 11.9. The van der Waals surface area contributed by atoms with Gasteiger partial charge in [0, 0.05) is 0 Å². The zero-order valence-corrected chi connectivity index (χ0v) is 5.22. The molecule has 1 heterocycles. The van der Waals surface area contributed by atoms with E-state index in [1.54, 1.807) is 0 Å². The van der Waals surface area contributed by atoms with E-state index >= 15 is 0 Å². The molecule has 1 N–H and O–H groups in total. The molecule has 4 nitrogen and oxygen atoms in total. The van der Waals surface area contributed by atoms with Gasteiger partial charge in [0.1, 0.15) is 0 Å². The summed E-state index contributed by atoms with van der Waals surface area (Å²) >= 11 is 0. The van der Waals surface area contributed by atoms with Crippen LogP contribution in [0.1, 0.15) is 19.7 Å². The SMILES string of the molecule is CC(C)(F)c1nn[nH]n1. The minimum absolute atomic E-state index is 0.0856. The van der Waals surface area contributed by atoms with Crippen LogP contribution in [0.5, 0.6) is 0 Å². The van der Waals surface area contributed by atoms with E-state index in [9.17, 15) is 4.39 Å². The Balaban J connectivity index is 2.90. The molecule has 50 valence electrons. The topological polar surface area (TPSA) is 54.5 Å². The van der Waals surface area contributed by atoms with Crippen LogP contribution in [0.4, 0.5) is 4.39 Å². The molecule has 0 amide bonds. The Hall–Kier alpha value is -1.00. The summed E-state index contributed by atoms with van der Waals surface area (Å²) in [5.41, 5.74) is -1.49. The molecule has 0 atom stereocenters. The third-order valence-corrected chi connectivity index (χ3v) is 0.877. The smallest absolute Gasteiger partial charge is 0.211 e. The number of rotatable bonds is 1. The molecule has 0 saturated heterocycles. The number of halogens is 1. The number of tetrazole rings is 1. The van der Waals surface area contributed by atoms with Gasteiger partial charge < -0.3 is 0 Å². The van der Waals surface area contributed by atoms with Gasteiger partial charge in [0.15, 0.2) is 5.67 Å². The first-order chi connectivity index (χ1) is 4.11. The Morgan fingerprint density at radius 1 is 1.56 bits per heavy atom. The minimum Gasteiger partial charge on any atom is -0.236 e. The van der Waals surface area contributed by atoms with Crippen molar-refractivity contribution in [2.24, 2.45) is 0 Å². The Morgan fingerprint density at radius 2 is 2.22 bits per heavy atom. The molecule has 0 aromatic carbocycles. The minimum atomic E-state index is -1.49. The van der Waals surface area contributed by atoms with E-state index in [1.165, 1.54) is 13.8 Å². The van der Waals surface area contributed by atoms with E-state index in [4.69, 9.17) is 0 Å². The van der Waals surface area contributed by atoms with Gasteiger partial charge in [-0.3, -0.25) is 0 Å². The van der Waals surface area contributed by atoms with Gasteiger partial charge >= 0.3 is 0 Å². The van der Waals surface area contributed by atoms with Gasteiger partial charge in [0.05, 0.1) is 0 Å². The van der Waals surface area contributed by atoms with Crippen LogP contribution in [0.25, 0.3) is 0 Å². The quantitative estimate of drug-likeness (QED) is 0.598. The third-order valence-electron chi connectivity index (χ3n) is 0.877. The Bertz CT molecular complexity index is 175. The number of hydrogen-bond acceptors (Lipinski definition) is 3. The first-order valence-corrected chi connectivity index (χ1v) is 2.53. The maximum atomic E-state index is 12.8. The second-order valence-electron chi connectivity index (χ2n) is 2.21. The van der Waals surface area contributed by atoms with E-state index in [0.29, 0.717) is 0 Å². The second kappa shape index (κ2) is 1.75. The lowest BCUT2D eigenvalue weighted by atomic mass is 10.2. The molecule has 0 spiro atoms. The van der Waals surface area contributed by atoms with Crippen LogP contribution in [0.15, 0.2) is 0 Å². The van der Waals surface area contributed by atoms with Crippen LogP contribution in [0, 0.1) is 0 Å². The van der Waals surface area contributed by atoms with Crippen molar-refractivity contribution >= 4 is 0 Å². The number of aromatic amines is 1. The molecular weight excluding hydrogens is 123 g/mol. The van der Waals surface area contributed by atoms with Crippen LogP contribution in [-0.4, -0.2) is 20.6 Å². The molecule has 0 aliphatic rings. The zero-order chi connectivity index (χ0) is 6.91. The molecule has 5 heteroatoms. The average molecular weight is 130 g/mol. The van der Waals surface area contributed by atoms with E-state index in [1.807, 2.05) is 0 Å². The third kappa shape index (κ3) is 1.22. The van der Waals surface area contributed by atoms with Gasteiger partial charge in [-0.25, -0.2) is 4.39 Å². The van der Waals surface area contributed by atoms with Crippen molar-refractivity contribution in [2.75, 3.05) is 0 Å². The largest absolute Gasteiger partial charge is 0.236 e. The van der Waals surface area contributed by atoms with Crippen molar-refractivity contribution in [1.82, 2.24) is 20.6 Å². The number of aromatic nitrogens is 4. The summed E-state index contributed by atoms with van der Waals surface area (Å²) in [5.74, 6) is 0.0856. The predicted octanol–water partition coefficient (Wildman–Crippen LogP) is 0.404. The number of nitrogens with zero attached hydrogens (tertiary/aromatic N) is 3. The molecule has 0 bridgehead atoms. The standard InChI is InChI=1S/C4H7FN4/c1-4(2,5)3-6-8-9-7-3/h1-2H3,(H,6,7,8,9). The predicted molar refractivity (Wildman–Crippen MR) is 28.3 cm³/mol. The summed E-state index contributed by atoms with van der Waals surface area (Å²) in [7, 11) is 0. The molecular formula is C4H7FN4. The highest BCUT2D eigenvalue weighted by molar-refractivity contribution is 4.90. The number of alkyl halides is 1. The Labute approximate surface area is 51.5 Å². The lowest BCUT2D eigenvalue weighted by molar-refractivity contribution is 0.206. The van der Waals surface area contributed by atoms with E-state index < -0.39 is 5.67 Å². The van der Waals surface area contributed by atoms with Gasteiger partial charge in [-0.15, -0.1) is 10.2 Å². The van der Waals surface area contributed by atoms with Crippen LogP contribution in [-0.2, 0) is 5.67 Å². The first-order valence-electron chi connectivity index (χ1n) is 2.53. The maximum absolute atomic E-state index is 12.8. The number of nitrogens with one attached hydrogen (secondary N) is 1. The second-order valence-corrected chi connectivity index (χ2v) is 2.21. The molecule has 1 aromatic rings. The van der Waals surface area contributed by atoms with Crippen molar-refractivity contribution in [2.45, 2.75) is 19.5 Å². The van der Waals surface area contributed by atoms with Crippen molar-refractivity contribution in [1.29, 1.82) is 0 Å². The Morgan fingerprint density at radius 3 is 2.44 bits per heavy atom. The van der Waals surface area contributed by atoms with Crippen molar-refractivity contribution < 1.29 is 4.39 Å². The van der Waals surface area contributed by atoms with Crippen molar-refractivity contribution in [3.05, 3.63) is 5.82 Å². The first kappa shape index (κ1) is 6.12. The summed E-state index contributed by atoms with van der Waals surface area (Å²) in [6, 6.07) is 0. The summed E-state index contributed by atoms with van der Waals surface area (Å²) in [6.45, 7) is 2.75. The van der Waals surface area contributed by atoms with Crippen LogP contribution in [0.2, 0.25) is 0 Å². The van der Waals surface area contributed by atoms with E-state index in [-0.39, 0.29) is 5.82 Å².